The minimum Gasteiger partial charge on any atom is -0.383 e. The summed E-state index contributed by atoms with van der Waals surface area (Å²) >= 11 is 0. The second-order valence-electron chi connectivity index (χ2n) is 6.16. The van der Waals surface area contributed by atoms with Gasteiger partial charge in [-0.15, -0.1) is 0 Å². The average Bonchev–Trinajstić information content (AvgIpc) is 2.62. The molecule has 0 aromatic carbocycles. The maximum atomic E-state index is 12.5. The van der Waals surface area contributed by atoms with E-state index >= 15 is 0 Å². The summed E-state index contributed by atoms with van der Waals surface area (Å²) in [5, 5.41) is 2.91. The van der Waals surface area contributed by atoms with Crippen LogP contribution in [0, 0.1) is 5.92 Å². The van der Waals surface area contributed by atoms with Crippen molar-refractivity contribution in [1.29, 1.82) is 0 Å². The number of hydrogen-bond acceptors (Lipinski definition) is 4. The summed E-state index contributed by atoms with van der Waals surface area (Å²) in [6.45, 7) is 7.88. The van der Waals surface area contributed by atoms with Gasteiger partial charge in [0, 0.05) is 26.7 Å². The number of piperidine rings is 1. The Balaban J connectivity index is 1.96. The topological polar surface area (TPSA) is 61.9 Å². The van der Waals surface area contributed by atoms with Crippen LogP contribution < -0.4 is 5.32 Å². The van der Waals surface area contributed by atoms with Gasteiger partial charge in [0.15, 0.2) is 0 Å². The third-order valence-corrected chi connectivity index (χ3v) is 4.10. The Morgan fingerprint density at radius 3 is 2.50 bits per heavy atom. The predicted octanol–water partition coefficient (Wildman–Crippen LogP) is 0.675. The number of methoxy groups -OCH3 is 1. The minimum atomic E-state index is -0.668. The molecule has 0 unspecified atom stereocenters. The van der Waals surface area contributed by atoms with Crippen molar-refractivity contribution in [2.75, 3.05) is 39.9 Å². The second kappa shape index (κ2) is 6.10. The summed E-state index contributed by atoms with van der Waals surface area (Å²) in [7, 11) is 1.57. The smallest absolute Gasteiger partial charge is 0.325 e. The number of carbonyl (C=O) groups excluding carboxylic acids is 2. The molecule has 2 aliphatic rings. The van der Waals surface area contributed by atoms with Crippen molar-refractivity contribution in [3.8, 4) is 0 Å². The zero-order valence-electron chi connectivity index (χ0n) is 12.6. The Bertz CT molecular complexity index is 376. The first-order valence-electron chi connectivity index (χ1n) is 7.34. The molecule has 0 aliphatic carbocycles. The normalized spacial score (nSPS) is 22.9. The van der Waals surface area contributed by atoms with Crippen LogP contribution in [0.1, 0.15) is 26.7 Å². The first-order chi connectivity index (χ1) is 9.48. The van der Waals surface area contributed by atoms with Crippen molar-refractivity contribution in [2.45, 2.75) is 32.2 Å². The van der Waals surface area contributed by atoms with Crippen LogP contribution >= 0.6 is 0 Å². The van der Waals surface area contributed by atoms with Gasteiger partial charge in [-0.1, -0.05) is 13.8 Å². The summed E-state index contributed by atoms with van der Waals surface area (Å²) in [4.78, 5) is 28.1. The Kier molecular flexibility index (Phi) is 4.65. The van der Waals surface area contributed by atoms with Gasteiger partial charge in [0.25, 0.3) is 5.91 Å². The fourth-order valence-corrected chi connectivity index (χ4v) is 3.03. The molecule has 3 amide bonds. The molecule has 2 aliphatic heterocycles. The maximum absolute atomic E-state index is 12.5. The molecule has 0 bridgehead atoms. The van der Waals surface area contributed by atoms with Crippen molar-refractivity contribution >= 4 is 11.9 Å². The van der Waals surface area contributed by atoms with E-state index in [1.807, 2.05) is 0 Å². The molecule has 0 atom stereocenters. The number of ether oxygens (including phenoxy) is 1. The summed E-state index contributed by atoms with van der Waals surface area (Å²) in [6, 6.07) is -0.274. The maximum Gasteiger partial charge on any atom is 0.325 e. The number of urea groups is 1. The summed E-state index contributed by atoms with van der Waals surface area (Å²) in [5.41, 5.74) is -0.668. The van der Waals surface area contributed by atoms with E-state index in [0.717, 1.165) is 19.6 Å². The highest BCUT2D eigenvalue weighted by molar-refractivity contribution is 6.07. The van der Waals surface area contributed by atoms with Gasteiger partial charge in [-0.25, -0.2) is 4.79 Å². The first-order valence-corrected chi connectivity index (χ1v) is 7.34. The highest BCUT2D eigenvalue weighted by Gasteiger charge is 2.51. The van der Waals surface area contributed by atoms with Gasteiger partial charge in [0.2, 0.25) is 0 Å². The van der Waals surface area contributed by atoms with E-state index in [1.54, 1.807) is 7.11 Å². The van der Waals surface area contributed by atoms with E-state index in [2.05, 4.69) is 24.1 Å². The highest BCUT2D eigenvalue weighted by Crippen LogP contribution is 2.29. The second-order valence-corrected chi connectivity index (χ2v) is 6.16. The molecule has 6 nitrogen and oxygen atoms in total. The fraction of sp³-hybridized carbons (Fsp3) is 0.857. The quantitative estimate of drug-likeness (QED) is 0.754. The van der Waals surface area contributed by atoms with E-state index in [-0.39, 0.29) is 11.9 Å². The van der Waals surface area contributed by atoms with E-state index in [1.165, 1.54) is 4.90 Å². The van der Waals surface area contributed by atoms with Crippen LogP contribution in [-0.2, 0) is 9.53 Å². The van der Waals surface area contributed by atoms with Crippen LogP contribution in [-0.4, -0.2) is 67.2 Å². The summed E-state index contributed by atoms with van der Waals surface area (Å²) in [6.07, 6.45) is 1.40. The molecule has 114 valence electrons. The van der Waals surface area contributed by atoms with E-state index in [4.69, 9.17) is 4.74 Å². The number of imide groups is 1. The number of amides is 3. The number of hydrogen-bond donors (Lipinski definition) is 1. The molecule has 1 N–H and O–H groups in total. The zero-order valence-corrected chi connectivity index (χ0v) is 12.6. The van der Waals surface area contributed by atoms with Crippen LogP contribution in [0.15, 0.2) is 0 Å². The van der Waals surface area contributed by atoms with Gasteiger partial charge >= 0.3 is 6.03 Å². The van der Waals surface area contributed by atoms with E-state index in [0.29, 0.717) is 31.9 Å². The molecule has 2 saturated heterocycles. The van der Waals surface area contributed by atoms with Crippen molar-refractivity contribution in [2.24, 2.45) is 5.92 Å². The van der Waals surface area contributed by atoms with Gasteiger partial charge in [-0.05, 0) is 18.8 Å². The Labute approximate surface area is 120 Å². The number of carbonyl (C=O) groups is 2. The molecular formula is C14H25N3O3. The van der Waals surface area contributed by atoms with E-state index in [9.17, 15) is 9.59 Å². The molecule has 6 heteroatoms. The van der Waals surface area contributed by atoms with Crippen LogP contribution in [0.2, 0.25) is 0 Å². The molecule has 0 saturated carbocycles. The Hall–Kier alpha value is -1.14. The predicted molar refractivity (Wildman–Crippen MR) is 75.4 cm³/mol. The van der Waals surface area contributed by atoms with Crippen LogP contribution in [0.3, 0.4) is 0 Å². The van der Waals surface area contributed by atoms with Crippen LogP contribution in [0.4, 0.5) is 4.79 Å². The molecule has 2 rings (SSSR count). The number of nitrogens with zero attached hydrogens (tertiary/aromatic N) is 2. The molecule has 2 fully saturated rings. The van der Waals surface area contributed by atoms with Crippen LogP contribution in [0.25, 0.3) is 0 Å². The first kappa shape index (κ1) is 15.3. The highest BCUT2D eigenvalue weighted by atomic mass is 16.5. The van der Waals surface area contributed by atoms with Crippen molar-refractivity contribution in [3.63, 3.8) is 0 Å². The molecule has 1 spiro atoms. The SMILES string of the molecule is COCCN1C(=O)NC2(CCN(CC(C)C)CC2)C1=O. The molecule has 0 aromatic heterocycles. The molecule has 0 aromatic rings. The van der Waals surface area contributed by atoms with Crippen molar-refractivity contribution < 1.29 is 14.3 Å². The van der Waals surface area contributed by atoms with Gasteiger partial charge in [0.1, 0.15) is 5.54 Å². The Morgan fingerprint density at radius 1 is 1.30 bits per heavy atom. The largest absolute Gasteiger partial charge is 0.383 e. The van der Waals surface area contributed by atoms with Gasteiger partial charge in [-0.3, -0.25) is 9.69 Å². The lowest BCUT2D eigenvalue weighted by atomic mass is 9.87. The van der Waals surface area contributed by atoms with Gasteiger partial charge in [-0.2, -0.15) is 0 Å². The fourth-order valence-electron chi connectivity index (χ4n) is 3.03. The standard InChI is InChI=1S/C14H25N3O3/c1-11(2)10-16-6-4-14(5-7-16)12(18)17(8-9-20-3)13(19)15-14/h11H,4-10H2,1-3H3,(H,15,19). The molecule has 0 radical (unpaired) electrons. The third-order valence-electron chi connectivity index (χ3n) is 4.10. The van der Waals surface area contributed by atoms with E-state index < -0.39 is 5.54 Å². The minimum absolute atomic E-state index is 0.0799. The number of rotatable bonds is 5. The monoisotopic (exact) mass is 283 g/mol. The van der Waals surface area contributed by atoms with Crippen LogP contribution in [0.5, 0.6) is 0 Å². The van der Waals surface area contributed by atoms with Crippen molar-refractivity contribution in [1.82, 2.24) is 15.1 Å². The third kappa shape index (κ3) is 2.96. The Morgan fingerprint density at radius 2 is 1.95 bits per heavy atom. The summed E-state index contributed by atoms with van der Waals surface area (Å²) in [5.74, 6) is 0.542. The number of likely N-dealkylation sites (tertiary alicyclic amines) is 1. The summed E-state index contributed by atoms with van der Waals surface area (Å²) < 4.78 is 4.95. The molecular weight excluding hydrogens is 258 g/mol. The lowest BCUT2D eigenvalue weighted by Gasteiger charge is -2.37. The lowest BCUT2D eigenvalue weighted by Crippen LogP contribution is -2.55. The van der Waals surface area contributed by atoms with Crippen molar-refractivity contribution in [3.05, 3.63) is 0 Å². The number of nitrogens with one attached hydrogen (secondary N) is 1. The lowest BCUT2D eigenvalue weighted by molar-refractivity contribution is -0.133. The average molecular weight is 283 g/mol. The molecule has 20 heavy (non-hydrogen) atoms. The molecule has 2 heterocycles. The van der Waals surface area contributed by atoms with Gasteiger partial charge < -0.3 is 15.0 Å². The zero-order chi connectivity index (χ0) is 14.8. The van der Waals surface area contributed by atoms with Gasteiger partial charge in [0.05, 0.1) is 13.2 Å².